The summed E-state index contributed by atoms with van der Waals surface area (Å²) in [6.45, 7) is 6.34. The summed E-state index contributed by atoms with van der Waals surface area (Å²) in [5.74, 6) is 0.463. The van der Waals surface area contributed by atoms with Crippen molar-refractivity contribution in [2.75, 3.05) is 20.3 Å². The van der Waals surface area contributed by atoms with Crippen LogP contribution in [0.1, 0.15) is 30.8 Å². The number of carbonyl (C=O) groups is 1. The molecule has 1 amide bonds. The van der Waals surface area contributed by atoms with Crippen molar-refractivity contribution in [3.8, 4) is 10.7 Å². The first-order valence-electron chi connectivity index (χ1n) is 8.91. The molecule has 0 aliphatic carbocycles. The number of amides is 1. The largest absolute Gasteiger partial charge is 0.383 e. The van der Waals surface area contributed by atoms with E-state index in [1.165, 1.54) is 11.3 Å². The average molecular weight is 372 g/mol. The Kier molecular flexibility index (Phi) is 6.06. The first-order chi connectivity index (χ1) is 12.6. The highest BCUT2D eigenvalue weighted by Crippen LogP contribution is 2.30. The normalized spacial score (nSPS) is 11.4. The number of para-hydroxylation sites is 1. The van der Waals surface area contributed by atoms with Gasteiger partial charge in [0.05, 0.1) is 12.3 Å². The first kappa shape index (κ1) is 18.6. The van der Waals surface area contributed by atoms with E-state index in [4.69, 9.17) is 4.74 Å². The SMILES string of the molecule is COCCn1c(-c2nc(C(=O)NCCC(C)C)cs2)cc2ccccc21. The summed E-state index contributed by atoms with van der Waals surface area (Å²) >= 11 is 1.50. The summed E-state index contributed by atoms with van der Waals surface area (Å²) < 4.78 is 7.47. The second-order valence-corrected chi connectivity index (χ2v) is 7.57. The molecule has 5 nitrogen and oxygen atoms in total. The highest BCUT2D eigenvalue weighted by molar-refractivity contribution is 7.13. The van der Waals surface area contributed by atoms with Gasteiger partial charge < -0.3 is 14.6 Å². The van der Waals surface area contributed by atoms with Gasteiger partial charge in [0.25, 0.3) is 5.91 Å². The van der Waals surface area contributed by atoms with Crippen molar-refractivity contribution in [1.82, 2.24) is 14.9 Å². The molecular formula is C20H25N3O2S. The Morgan fingerprint density at radius 3 is 2.92 bits per heavy atom. The van der Waals surface area contributed by atoms with Gasteiger partial charge in [-0.1, -0.05) is 32.0 Å². The molecule has 26 heavy (non-hydrogen) atoms. The lowest BCUT2D eigenvalue weighted by Crippen LogP contribution is -2.25. The number of nitrogens with zero attached hydrogens (tertiary/aromatic N) is 2. The zero-order valence-corrected chi connectivity index (χ0v) is 16.3. The lowest BCUT2D eigenvalue weighted by Gasteiger charge is -2.08. The highest BCUT2D eigenvalue weighted by Gasteiger charge is 2.16. The minimum absolute atomic E-state index is 0.104. The molecule has 3 rings (SSSR count). The van der Waals surface area contributed by atoms with E-state index < -0.39 is 0 Å². The van der Waals surface area contributed by atoms with Crippen LogP contribution >= 0.6 is 11.3 Å². The van der Waals surface area contributed by atoms with Gasteiger partial charge in [-0.25, -0.2) is 4.98 Å². The number of rotatable bonds is 8. The standard InChI is InChI=1S/C20H25N3O2S/c1-14(2)8-9-21-19(24)16-13-26-20(22-16)18-12-15-6-4-5-7-17(15)23(18)10-11-25-3/h4-7,12-14H,8-11H2,1-3H3,(H,21,24). The van der Waals surface area contributed by atoms with Gasteiger partial charge in [-0.2, -0.15) is 0 Å². The van der Waals surface area contributed by atoms with Gasteiger partial charge in [0.15, 0.2) is 0 Å². The number of methoxy groups -OCH3 is 1. The lowest BCUT2D eigenvalue weighted by molar-refractivity contribution is 0.0948. The Balaban J connectivity index is 1.85. The molecule has 0 unspecified atom stereocenters. The molecular weight excluding hydrogens is 346 g/mol. The monoisotopic (exact) mass is 371 g/mol. The van der Waals surface area contributed by atoms with E-state index in [1.54, 1.807) is 7.11 Å². The van der Waals surface area contributed by atoms with Crippen LogP contribution in [0.3, 0.4) is 0 Å². The number of hydrogen-bond acceptors (Lipinski definition) is 4. The molecule has 6 heteroatoms. The summed E-state index contributed by atoms with van der Waals surface area (Å²) in [4.78, 5) is 16.9. The quantitative estimate of drug-likeness (QED) is 0.646. The molecule has 0 radical (unpaired) electrons. The molecule has 0 spiro atoms. The number of fused-ring (bicyclic) bond motifs is 1. The molecule has 0 saturated heterocycles. The highest BCUT2D eigenvalue weighted by atomic mass is 32.1. The Bertz CT molecular complexity index is 882. The van der Waals surface area contributed by atoms with Gasteiger partial charge >= 0.3 is 0 Å². The Labute approximate surface area is 158 Å². The van der Waals surface area contributed by atoms with Crippen molar-refractivity contribution in [1.29, 1.82) is 0 Å². The van der Waals surface area contributed by atoms with E-state index in [0.717, 1.165) is 34.6 Å². The van der Waals surface area contributed by atoms with Gasteiger partial charge in [-0.05, 0) is 24.5 Å². The van der Waals surface area contributed by atoms with E-state index in [9.17, 15) is 4.79 Å². The molecule has 0 aliphatic rings. The fraction of sp³-hybridized carbons (Fsp3) is 0.400. The van der Waals surface area contributed by atoms with Crippen molar-refractivity contribution in [2.24, 2.45) is 5.92 Å². The minimum Gasteiger partial charge on any atom is -0.383 e. The van der Waals surface area contributed by atoms with Crippen molar-refractivity contribution < 1.29 is 9.53 Å². The number of thiazole rings is 1. The van der Waals surface area contributed by atoms with Crippen LogP contribution in [0, 0.1) is 5.92 Å². The van der Waals surface area contributed by atoms with Crippen LogP contribution in [0.5, 0.6) is 0 Å². The second-order valence-electron chi connectivity index (χ2n) is 6.71. The molecule has 0 aliphatic heterocycles. The molecule has 2 heterocycles. The summed E-state index contributed by atoms with van der Waals surface area (Å²) in [6.07, 6.45) is 0.966. The minimum atomic E-state index is -0.104. The third-order valence-corrected chi connectivity index (χ3v) is 5.16. The van der Waals surface area contributed by atoms with Crippen molar-refractivity contribution in [3.05, 3.63) is 41.4 Å². The molecule has 0 atom stereocenters. The molecule has 0 saturated carbocycles. The van der Waals surface area contributed by atoms with E-state index in [2.05, 4.69) is 46.9 Å². The number of benzene rings is 1. The zero-order chi connectivity index (χ0) is 18.5. The summed E-state index contributed by atoms with van der Waals surface area (Å²) in [5, 5.41) is 6.80. The third kappa shape index (κ3) is 4.14. The zero-order valence-electron chi connectivity index (χ0n) is 15.5. The number of nitrogens with one attached hydrogen (secondary N) is 1. The Morgan fingerprint density at radius 1 is 1.35 bits per heavy atom. The second kappa shape index (κ2) is 8.47. The molecule has 0 bridgehead atoms. The molecule has 2 aromatic heterocycles. The van der Waals surface area contributed by atoms with Crippen molar-refractivity contribution in [3.63, 3.8) is 0 Å². The smallest absolute Gasteiger partial charge is 0.270 e. The van der Waals surface area contributed by atoms with Gasteiger partial charge in [0.1, 0.15) is 10.7 Å². The van der Waals surface area contributed by atoms with E-state index in [-0.39, 0.29) is 5.91 Å². The van der Waals surface area contributed by atoms with Crippen LogP contribution in [0.4, 0.5) is 0 Å². The van der Waals surface area contributed by atoms with Crippen LogP contribution in [0.2, 0.25) is 0 Å². The topological polar surface area (TPSA) is 56.2 Å². The van der Waals surface area contributed by atoms with Crippen LogP contribution < -0.4 is 5.32 Å². The van der Waals surface area contributed by atoms with Crippen LogP contribution in [0.25, 0.3) is 21.6 Å². The van der Waals surface area contributed by atoms with Gasteiger partial charge in [0, 0.05) is 36.5 Å². The molecule has 138 valence electrons. The number of carbonyl (C=O) groups excluding carboxylic acids is 1. The van der Waals surface area contributed by atoms with Gasteiger partial charge in [-0.15, -0.1) is 11.3 Å². The van der Waals surface area contributed by atoms with E-state index >= 15 is 0 Å². The summed E-state index contributed by atoms with van der Waals surface area (Å²) in [6, 6.07) is 10.4. The van der Waals surface area contributed by atoms with Crippen LogP contribution in [-0.2, 0) is 11.3 Å². The van der Waals surface area contributed by atoms with Crippen LogP contribution in [0.15, 0.2) is 35.7 Å². The lowest BCUT2D eigenvalue weighted by atomic mass is 10.1. The van der Waals surface area contributed by atoms with Crippen molar-refractivity contribution in [2.45, 2.75) is 26.8 Å². The molecule has 1 aromatic carbocycles. The fourth-order valence-corrected chi connectivity index (χ4v) is 3.70. The molecule has 0 fully saturated rings. The predicted molar refractivity (Wildman–Crippen MR) is 107 cm³/mol. The van der Waals surface area contributed by atoms with Gasteiger partial charge in [-0.3, -0.25) is 4.79 Å². The van der Waals surface area contributed by atoms with Gasteiger partial charge in [0.2, 0.25) is 0 Å². The van der Waals surface area contributed by atoms with Crippen molar-refractivity contribution >= 4 is 28.1 Å². The summed E-state index contributed by atoms with van der Waals surface area (Å²) in [7, 11) is 1.70. The first-order valence-corrected chi connectivity index (χ1v) is 9.79. The molecule has 1 N–H and O–H groups in total. The number of hydrogen-bond donors (Lipinski definition) is 1. The maximum absolute atomic E-state index is 12.3. The van der Waals surface area contributed by atoms with E-state index in [1.807, 2.05) is 17.5 Å². The molecule has 3 aromatic rings. The predicted octanol–water partition coefficient (Wildman–Crippen LogP) is 4.19. The number of aromatic nitrogens is 2. The van der Waals surface area contributed by atoms with Crippen LogP contribution in [-0.4, -0.2) is 35.7 Å². The Hall–Kier alpha value is -2.18. The fourth-order valence-electron chi connectivity index (χ4n) is 2.87. The maximum Gasteiger partial charge on any atom is 0.270 e. The third-order valence-electron chi connectivity index (χ3n) is 4.29. The average Bonchev–Trinajstić information content (AvgIpc) is 3.24. The van der Waals surface area contributed by atoms with E-state index in [0.29, 0.717) is 24.8 Å². The Morgan fingerprint density at radius 2 is 2.15 bits per heavy atom. The number of ether oxygens (including phenoxy) is 1. The maximum atomic E-state index is 12.3. The summed E-state index contributed by atoms with van der Waals surface area (Å²) in [5.41, 5.74) is 2.66.